The van der Waals surface area contributed by atoms with E-state index in [0.717, 1.165) is 12.0 Å². The van der Waals surface area contributed by atoms with Gasteiger partial charge in [-0.2, -0.15) is 0 Å². The molecule has 2 N–H and O–H groups in total. The number of rotatable bonds is 3. The Bertz CT molecular complexity index is 425. The Balaban J connectivity index is 2.15. The van der Waals surface area contributed by atoms with E-state index < -0.39 is 0 Å². The van der Waals surface area contributed by atoms with Crippen molar-refractivity contribution in [1.29, 1.82) is 0 Å². The Kier molecular flexibility index (Phi) is 3.43. The number of hydrogen-bond acceptors (Lipinski definition) is 2. The van der Waals surface area contributed by atoms with Crippen molar-refractivity contribution in [3.8, 4) is 0 Å². The lowest BCUT2D eigenvalue weighted by atomic mass is 10.0. The topological polar surface area (TPSA) is 39.2 Å². The fourth-order valence-electron chi connectivity index (χ4n) is 1.55. The summed E-state index contributed by atoms with van der Waals surface area (Å²) in [5.41, 5.74) is 8.48. The smallest absolute Gasteiger partial charge is 0.0935 e. The first-order valence-corrected chi connectivity index (χ1v) is 5.86. The van der Waals surface area contributed by atoms with E-state index in [-0.39, 0.29) is 6.04 Å². The van der Waals surface area contributed by atoms with Gasteiger partial charge in [0, 0.05) is 9.61 Å². The minimum Gasteiger partial charge on any atom is -0.472 e. The van der Waals surface area contributed by atoms with Gasteiger partial charge in [0.05, 0.1) is 12.5 Å². The molecule has 2 rings (SSSR count). The van der Waals surface area contributed by atoms with Crippen LogP contribution in [0.3, 0.4) is 0 Å². The molecule has 0 bridgehead atoms. The van der Waals surface area contributed by atoms with Crippen molar-refractivity contribution in [2.24, 2.45) is 5.73 Å². The predicted octanol–water partition coefficient (Wildman–Crippen LogP) is 3.13. The fraction of sp³-hybridized carbons (Fsp3) is 0.167. The number of benzene rings is 1. The van der Waals surface area contributed by atoms with Gasteiger partial charge in [-0.1, -0.05) is 18.2 Å². The van der Waals surface area contributed by atoms with Gasteiger partial charge in [-0.25, -0.2) is 0 Å². The van der Waals surface area contributed by atoms with E-state index in [2.05, 4.69) is 34.7 Å². The molecule has 0 saturated heterocycles. The van der Waals surface area contributed by atoms with E-state index in [4.69, 9.17) is 10.2 Å². The molecule has 3 heteroatoms. The third kappa shape index (κ3) is 2.60. The van der Waals surface area contributed by atoms with Crippen molar-refractivity contribution in [2.45, 2.75) is 12.5 Å². The lowest BCUT2D eigenvalue weighted by molar-refractivity contribution is 0.561. The van der Waals surface area contributed by atoms with Crippen LogP contribution < -0.4 is 5.73 Å². The highest BCUT2D eigenvalue weighted by Gasteiger charge is 2.10. The van der Waals surface area contributed by atoms with Gasteiger partial charge in [0.2, 0.25) is 0 Å². The molecule has 78 valence electrons. The zero-order valence-corrected chi connectivity index (χ0v) is 10.3. The van der Waals surface area contributed by atoms with Gasteiger partial charge in [-0.15, -0.1) is 0 Å². The van der Waals surface area contributed by atoms with Gasteiger partial charge in [0.25, 0.3) is 0 Å². The molecule has 0 saturated carbocycles. The molecule has 2 aromatic rings. The highest BCUT2D eigenvalue weighted by Crippen LogP contribution is 2.21. The average Bonchev–Trinajstić information content (AvgIpc) is 2.71. The third-order valence-corrected chi connectivity index (χ3v) is 3.32. The van der Waals surface area contributed by atoms with Gasteiger partial charge in [-0.05, 0) is 52.3 Å². The monoisotopic (exact) mass is 313 g/mol. The molecule has 1 unspecified atom stereocenters. The van der Waals surface area contributed by atoms with Crippen LogP contribution in [-0.4, -0.2) is 0 Å². The van der Waals surface area contributed by atoms with Gasteiger partial charge in [0.1, 0.15) is 0 Å². The van der Waals surface area contributed by atoms with Crippen molar-refractivity contribution in [2.75, 3.05) is 0 Å². The molecular formula is C12H12INO. The zero-order chi connectivity index (χ0) is 10.7. The molecule has 1 aromatic heterocycles. The molecule has 1 aromatic carbocycles. The molecular weight excluding hydrogens is 301 g/mol. The summed E-state index contributed by atoms with van der Waals surface area (Å²) in [6, 6.07) is 10.2. The van der Waals surface area contributed by atoms with Crippen LogP contribution in [0.2, 0.25) is 0 Å². The Morgan fingerprint density at radius 3 is 2.73 bits per heavy atom. The van der Waals surface area contributed by atoms with E-state index in [1.807, 2.05) is 18.2 Å². The van der Waals surface area contributed by atoms with E-state index >= 15 is 0 Å². The van der Waals surface area contributed by atoms with E-state index in [1.54, 1.807) is 12.5 Å². The number of halogens is 1. The Hall–Kier alpha value is -0.810. The van der Waals surface area contributed by atoms with Crippen LogP contribution in [-0.2, 0) is 6.42 Å². The van der Waals surface area contributed by atoms with Crippen LogP contribution >= 0.6 is 22.6 Å². The molecule has 0 aliphatic rings. The van der Waals surface area contributed by atoms with Crippen LogP contribution in [0, 0.1) is 3.57 Å². The van der Waals surface area contributed by atoms with Crippen molar-refractivity contribution in [3.63, 3.8) is 0 Å². The second kappa shape index (κ2) is 4.81. The summed E-state index contributed by atoms with van der Waals surface area (Å²) < 4.78 is 6.24. The highest BCUT2D eigenvalue weighted by molar-refractivity contribution is 14.1. The maximum Gasteiger partial charge on any atom is 0.0935 e. The summed E-state index contributed by atoms with van der Waals surface area (Å²) in [4.78, 5) is 0. The second-order valence-corrected chi connectivity index (χ2v) is 4.63. The SMILES string of the molecule is NC(Cc1ccoc1)c1ccccc1I. The van der Waals surface area contributed by atoms with E-state index in [0.29, 0.717) is 0 Å². The second-order valence-electron chi connectivity index (χ2n) is 3.46. The van der Waals surface area contributed by atoms with Gasteiger partial charge in [-0.3, -0.25) is 0 Å². The molecule has 1 heterocycles. The first-order valence-electron chi connectivity index (χ1n) is 4.78. The minimum atomic E-state index is 0.0377. The number of hydrogen-bond donors (Lipinski definition) is 1. The third-order valence-electron chi connectivity index (χ3n) is 2.34. The van der Waals surface area contributed by atoms with E-state index in [9.17, 15) is 0 Å². The number of furan rings is 1. The van der Waals surface area contributed by atoms with Crippen LogP contribution in [0.1, 0.15) is 17.2 Å². The van der Waals surface area contributed by atoms with Crippen LogP contribution in [0.5, 0.6) is 0 Å². The van der Waals surface area contributed by atoms with Crippen molar-refractivity contribution in [3.05, 3.63) is 57.6 Å². The molecule has 2 nitrogen and oxygen atoms in total. The Morgan fingerprint density at radius 2 is 2.07 bits per heavy atom. The minimum absolute atomic E-state index is 0.0377. The predicted molar refractivity (Wildman–Crippen MR) is 68.5 cm³/mol. The lowest BCUT2D eigenvalue weighted by Gasteiger charge is -2.12. The summed E-state index contributed by atoms with van der Waals surface area (Å²) in [6.07, 6.45) is 4.24. The van der Waals surface area contributed by atoms with Crippen molar-refractivity contribution >= 4 is 22.6 Å². The summed E-state index contributed by atoms with van der Waals surface area (Å²) in [5.74, 6) is 0. The summed E-state index contributed by atoms with van der Waals surface area (Å²) in [7, 11) is 0. The molecule has 0 aliphatic carbocycles. The average molecular weight is 313 g/mol. The summed E-state index contributed by atoms with van der Waals surface area (Å²) in [6.45, 7) is 0. The molecule has 1 atom stereocenters. The normalized spacial score (nSPS) is 12.7. The molecule has 15 heavy (non-hydrogen) atoms. The largest absolute Gasteiger partial charge is 0.472 e. The summed E-state index contributed by atoms with van der Waals surface area (Å²) >= 11 is 2.31. The van der Waals surface area contributed by atoms with Crippen LogP contribution in [0.25, 0.3) is 0 Å². The fourth-order valence-corrected chi connectivity index (χ4v) is 2.34. The van der Waals surface area contributed by atoms with Crippen molar-refractivity contribution < 1.29 is 4.42 Å². The first-order chi connectivity index (χ1) is 7.27. The Labute approximate surface area is 103 Å². The van der Waals surface area contributed by atoms with Crippen LogP contribution in [0.4, 0.5) is 0 Å². The van der Waals surface area contributed by atoms with Gasteiger partial charge < -0.3 is 10.2 Å². The zero-order valence-electron chi connectivity index (χ0n) is 8.19. The number of nitrogens with two attached hydrogens (primary N) is 1. The van der Waals surface area contributed by atoms with E-state index in [1.165, 1.54) is 9.13 Å². The Morgan fingerprint density at radius 1 is 1.27 bits per heavy atom. The van der Waals surface area contributed by atoms with Gasteiger partial charge in [0.15, 0.2) is 0 Å². The molecule has 0 radical (unpaired) electrons. The van der Waals surface area contributed by atoms with Gasteiger partial charge >= 0.3 is 0 Å². The molecule has 0 amide bonds. The first kappa shape index (κ1) is 10.7. The molecule has 0 spiro atoms. The maximum atomic E-state index is 6.14. The van der Waals surface area contributed by atoms with Crippen molar-refractivity contribution in [1.82, 2.24) is 0 Å². The lowest BCUT2D eigenvalue weighted by Crippen LogP contribution is -2.14. The molecule has 0 aliphatic heterocycles. The molecule has 0 fully saturated rings. The quantitative estimate of drug-likeness (QED) is 0.884. The summed E-state index contributed by atoms with van der Waals surface area (Å²) in [5, 5.41) is 0. The van der Waals surface area contributed by atoms with Crippen LogP contribution in [0.15, 0.2) is 47.3 Å². The maximum absolute atomic E-state index is 6.14. The highest BCUT2D eigenvalue weighted by atomic mass is 127. The standard InChI is InChI=1S/C12H12INO/c13-11-4-2-1-3-10(11)12(14)7-9-5-6-15-8-9/h1-6,8,12H,7,14H2.